The van der Waals surface area contributed by atoms with Crippen molar-refractivity contribution in [3.8, 4) is 34.1 Å². The van der Waals surface area contributed by atoms with Gasteiger partial charge < -0.3 is 13.9 Å². The minimum absolute atomic E-state index is 0. The maximum atomic E-state index is 5.81. The smallest absolute Gasteiger partial charge is 0.231 e. The van der Waals surface area contributed by atoms with Gasteiger partial charge in [-0.1, -0.05) is 6.92 Å². The number of nitrogens with zero attached hydrogens (tertiary/aromatic N) is 1. The van der Waals surface area contributed by atoms with Crippen LogP contribution in [0, 0.1) is 5.92 Å². The van der Waals surface area contributed by atoms with Crippen molar-refractivity contribution < 1.29 is 13.9 Å². The van der Waals surface area contributed by atoms with Crippen LogP contribution in [0.5, 0.6) is 11.5 Å². The lowest BCUT2D eigenvalue weighted by Crippen LogP contribution is -2.08. The van der Waals surface area contributed by atoms with Crippen LogP contribution in [0.4, 0.5) is 0 Å². The van der Waals surface area contributed by atoms with Crippen molar-refractivity contribution in [3.05, 3.63) is 53.1 Å². The molecule has 1 aliphatic heterocycles. The molecular weight excluding hydrogens is 406 g/mol. The monoisotopic (exact) mass is 425 g/mol. The van der Waals surface area contributed by atoms with Gasteiger partial charge in [-0.05, 0) is 67.1 Å². The third-order valence-electron chi connectivity index (χ3n) is 5.72. The Balaban J connectivity index is 0.00000181. The van der Waals surface area contributed by atoms with Crippen molar-refractivity contribution in [2.24, 2.45) is 5.92 Å². The van der Waals surface area contributed by atoms with E-state index in [1.165, 1.54) is 22.2 Å². The molecule has 6 rings (SSSR count). The number of benzene rings is 1. The van der Waals surface area contributed by atoms with Crippen LogP contribution in [-0.4, -0.2) is 11.8 Å². The van der Waals surface area contributed by atoms with Crippen molar-refractivity contribution >= 4 is 34.0 Å². The van der Waals surface area contributed by atoms with Crippen LogP contribution in [0.15, 0.2) is 47.1 Å². The Morgan fingerprint density at radius 2 is 2.00 bits per heavy atom. The average molecular weight is 426 g/mol. The summed E-state index contributed by atoms with van der Waals surface area (Å²) < 4.78 is 16.8. The van der Waals surface area contributed by atoms with Crippen molar-refractivity contribution in [1.82, 2.24) is 4.98 Å². The number of halogens is 1. The summed E-state index contributed by atoms with van der Waals surface area (Å²) in [6.45, 7) is 2.62. The van der Waals surface area contributed by atoms with Crippen LogP contribution in [0.25, 0.3) is 32.8 Å². The molecule has 1 aromatic carbocycles. The molecule has 0 saturated heterocycles. The summed E-state index contributed by atoms with van der Waals surface area (Å²) in [6, 6.07) is 12.2. The molecule has 0 N–H and O–H groups in total. The zero-order chi connectivity index (χ0) is 18.7. The van der Waals surface area contributed by atoms with Gasteiger partial charge in [-0.15, -0.1) is 23.7 Å². The number of aryl methyl sites for hydroxylation is 1. The molecule has 148 valence electrons. The molecular formula is C23H20ClNO3S. The lowest BCUT2D eigenvalue weighted by Gasteiger charge is -2.18. The lowest BCUT2D eigenvalue weighted by molar-refractivity contribution is 0.174. The second kappa shape index (κ2) is 7.08. The van der Waals surface area contributed by atoms with E-state index in [-0.39, 0.29) is 19.2 Å². The fourth-order valence-corrected chi connectivity index (χ4v) is 5.68. The number of rotatable bonds is 2. The molecule has 0 radical (unpaired) electrons. The molecule has 2 aliphatic rings. The van der Waals surface area contributed by atoms with Crippen LogP contribution in [-0.2, 0) is 12.8 Å². The van der Waals surface area contributed by atoms with Gasteiger partial charge in [-0.3, -0.25) is 0 Å². The molecule has 1 aliphatic carbocycles. The molecule has 4 aromatic rings. The third-order valence-corrected chi connectivity index (χ3v) is 6.87. The fraction of sp³-hybridized carbons (Fsp3) is 0.261. The Labute approximate surface area is 178 Å². The zero-order valence-electron chi connectivity index (χ0n) is 15.9. The normalized spacial score (nSPS) is 17.2. The number of furan rings is 1. The zero-order valence-corrected chi connectivity index (χ0v) is 17.6. The summed E-state index contributed by atoms with van der Waals surface area (Å²) in [5.74, 6) is 3.20. The van der Waals surface area contributed by atoms with Gasteiger partial charge in [0.2, 0.25) is 6.79 Å². The van der Waals surface area contributed by atoms with E-state index < -0.39 is 0 Å². The van der Waals surface area contributed by atoms with Gasteiger partial charge in [0, 0.05) is 21.4 Å². The number of hydrogen-bond acceptors (Lipinski definition) is 5. The number of thiophene rings is 1. The van der Waals surface area contributed by atoms with E-state index in [1.807, 2.05) is 41.7 Å². The third kappa shape index (κ3) is 3.00. The van der Waals surface area contributed by atoms with Gasteiger partial charge >= 0.3 is 0 Å². The quantitative estimate of drug-likeness (QED) is 0.367. The van der Waals surface area contributed by atoms with E-state index in [4.69, 9.17) is 18.9 Å². The molecule has 0 amide bonds. The fourth-order valence-electron chi connectivity index (χ4n) is 4.27. The highest BCUT2D eigenvalue weighted by Gasteiger charge is 2.25. The second-order valence-corrected chi connectivity index (χ2v) is 8.72. The first kappa shape index (κ1) is 18.5. The molecule has 0 fully saturated rings. The van der Waals surface area contributed by atoms with Crippen molar-refractivity contribution in [2.75, 3.05) is 6.79 Å². The Bertz CT molecular complexity index is 1200. The first-order chi connectivity index (χ1) is 13.8. The number of hydrogen-bond donors (Lipinski definition) is 0. The summed E-state index contributed by atoms with van der Waals surface area (Å²) in [6.07, 6.45) is 5.24. The molecule has 4 nitrogen and oxygen atoms in total. The first-order valence-corrected chi connectivity index (χ1v) is 10.5. The molecule has 4 heterocycles. The van der Waals surface area contributed by atoms with Gasteiger partial charge in [-0.25, -0.2) is 4.98 Å². The SMILES string of the molecule is CC1CCc2c(sc3nc(-c4ccc5c(c4)OCO5)cc(-c4ccco4)c23)C1.Cl. The van der Waals surface area contributed by atoms with Crippen molar-refractivity contribution in [1.29, 1.82) is 0 Å². The van der Waals surface area contributed by atoms with Crippen LogP contribution < -0.4 is 9.47 Å². The summed E-state index contributed by atoms with van der Waals surface area (Å²) in [4.78, 5) is 7.63. The summed E-state index contributed by atoms with van der Waals surface area (Å²) in [5, 5.41) is 1.27. The summed E-state index contributed by atoms with van der Waals surface area (Å²) in [7, 11) is 0. The maximum Gasteiger partial charge on any atom is 0.231 e. The molecule has 0 spiro atoms. The minimum Gasteiger partial charge on any atom is -0.464 e. The maximum absolute atomic E-state index is 5.81. The highest BCUT2D eigenvalue weighted by atomic mass is 35.5. The van der Waals surface area contributed by atoms with Gasteiger partial charge in [0.1, 0.15) is 10.6 Å². The van der Waals surface area contributed by atoms with Crippen LogP contribution >= 0.6 is 23.7 Å². The van der Waals surface area contributed by atoms with E-state index in [1.54, 1.807) is 6.26 Å². The number of ether oxygens (including phenoxy) is 2. The predicted molar refractivity (Wildman–Crippen MR) is 117 cm³/mol. The Morgan fingerprint density at radius 1 is 1.10 bits per heavy atom. The minimum atomic E-state index is 0. The Morgan fingerprint density at radius 3 is 2.86 bits per heavy atom. The van der Waals surface area contributed by atoms with Gasteiger partial charge in [0.25, 0.3) is 0 Å². The number of pyridine rings is 1. The Kier molecular flexibility index (Phi) is 4.52. The van der Waals surface area contributed by atoms with Gasteiger partial charge in [0.05, 0.1) is 12.0 Å². The van der Waals surface area contributed by atoms with E-state index in [0.717, 1.165) is 57.7 Å². The molecule has 0 bridgehead atoms. The van der Waals surface area contributed by atoms with Crippen LogP contribution in [0.3, 0.4) is 0 Å². The molecule has 3 aromatic heterocycles. The number of aromatic nitrogens is 1. The van der Waals surface area contributed by atoms with Crippen molar-refractivity contribution in [3.63, 3.8) is 0 Å². The standard InChI is InChI=1S/C23H19NO3S.ClH/c1-13-4-6-15-21(9-13)28-23-22(15)16(18-3-2-8-25-18)11-17(24-23)14-5-7-19-20(10-14)27-12-26-19;/h2-3,5,7-8,10-11,13H,4,6,9,12H2,1H3;1H. The lowest BCUT2D eigenvalue weighted by atomic mass is 9.88. The Hall–Kier alpha value is -2.50. The molecule has 6 heteroatoms. The molecule has 1 unspecified atom stereocenters. The summed E-state index contributed by atoms with van der Waals surface area (Å²) >= 11 is 1.84. The predicted octanol–water partition coefficient (Wildman–Crippen LogP) is 6.50. The van der Waals surface area contributed by atoms with E-state index >= 15 is 0 Å². The molecule has 1 atom stereocenters. The highest BCUT2D eigenvalue weighted by molar-refractivity contribution is 7.19. The van der Waals surface area contributed by atoms with E-state index in [9.17, 15) is 0 Å². The van der Waals surface area contributed by atoms with E-state index in [2.05, 4.69) is 13.0 Å². The van der Waals surface area contributed by atoms with Gasteiger partial charge in [0.15, 0.2) is 11.5 Å². The van der Waals surface area contributed by atoms with Crippen molar-refractivity contribution in [2.45, 2.75) is 26.2 Å². The average Bonchev–Trinajstić information content (AvgIpc) is 3.44. The molecule has 0 saturated carbocycles. The van der Waals surface area contributed by atoms with Gasteiger partial charge in [-0.2, -0.15) is 0 Å². The second-order valence-electron chi connectivity index (χ2n) is 7.63. The van der Waals surface area contributed by atoms with E-state index in [0.29, 0.717) is 0 Å². The number of fused-ring (bicyclic) bond motifs is 4. The van der Waals surface area contributed by atoms with Crippen LogP contribution in [0.1, 0.15) is 23.8 Å². The topological polar surface area (TPSA) is 44.5 Å². The first-order valence-electron chi connectivity index (χ1n) is 9.65. The van der Waals surface area contributed by atoms with Crippen LogP contribution in [0.2, 0.25) is 0 Å². The summed E-state index contributed by atoms with van der Waals surface area (Å²) in [5.41, 5.74) is 4.56. The molecule has 29 heavy (non-hydrogen) atoms. The largest absolute Gasteiger partial charge is 0.464 e. The highest BCUT2D eigenvalue weighted by Crippen LogP contribution is 2.44.